The smallest absolute Gasteiger partial charge is 0.410 e. The third kappa shape index (κ3) is 5.24. The fourth-order valence-corrected chi connectivity index (χ4v) is 2.50. The van der Waals surface area contributed by atoms with Gasteiger partial charge in [-0.3, -0.25) is 0 Å². The lowest BCUT2D eigenvalue weighted by Crippen LogP contribution is -2.41. The zero-order chi connectivity index (χ0) is 16.2. The first-order valence-corrected chi connectivity index (χ1v) is 8.05. The third-order valence-electron chi connectivity index (χ3n) is 3.60. The highest BCUT2D eigenvalue weighted by atomic mass is 16.6. The Labute approximate surface area is 133 Å². The lowest BCUT2D eigenvalue weighted by molar-refractivity contribution is 0.0192. The van der Waals surface area contributed by atoms with Gasteiger partial charge in [0, 0.05) is 6.54 Å². The summed E-state index contributed by atoms with van der Waals surface area (Å²) in [5.41, 5.74) is 0.750. The van der Waals surface area contributed by atoms with Gasteiger partial charge in [-0.05, 0) is 59.1 Å². The third-order valence-corrected chi connectivity index (χ3v) is 3.60. The van der Waals surface area contributed by atoms with Gasteiger partial charge in [0.2, 0.25) is 0 Å². The summed E-state index contributed by atoms with van der Waals surface area (Å²) < 4.78 is 11.5. The van der Waals surface area contributed by atoms with E-state index in [1.165, 1.54) is 5.56 Å². The van der Waals surface area contributed by atoms with Crippen LogP contribution in [0.3, 0.4) is 0 Å². The molecule has 0 spiro atoms. The quantitative estimate of drug-likeness (QED) is 0.823. The topological polar surface area (TPSA) is 38.8 Å². The van der Waals surface area contributed by atoms with Crippen LogP contribution in [0, 0.1) is 6.92 Å². The molecule has 4 nitrogen and oxygen atoms in total. The molecule has 0 N–H and O–H groups in total. The molecule has 1 fully saturated rings. The molecule has 0 saturated carbocycles. The van der Waals surface area contributed by atoms with Crippen molar-refractivity contribution in [2.24, 2.45) is 0 Å². The highest BCUT2D eigenvalue weighted by Crippen LogP contribution is 2.20. The van der Waals surface area contributed by atoms with E-state index in [1.54, 1.807) is 4.90 Å². The van der Waals surface area contributed by atoms with Gasteiger partial charge < -0.3 is 14.4 Å². The van der Waals surface area contributed by atoms with Crippen LogP contribution >= 0.6 is 0 Å². The number of carbonyl (C=O) groups excluding carboxylic acids is 1. The molecular weight excluding hydrogens is 278 g/mol. The van der Waals surface area contributed by atoms with E-state index in [0.717, 1.165) is 31.6 Å². The van der Waals surface area contributed by atoms with Crippen LogP contribution in [0.4, 0.5) is 4.79 Å². The summed E-state index contributed by atoms with van der Waals surface area (Å²) in [6.07, 6.45) is 2.81. The number of nitrogens with zero attached hydrogens (tertiary/aromatic N) is 1. The lowest BCUT2D eigenvalue weighted by Gasteiger charge is -2.28. The number of carbonyl (C=O) groups is 1. The molecular formula is C18H27NO3. The Bertz CT molecular complexity index is 490. The summed E-state index contributed by atoms with van der Waals surface area (Å²) in [6, 6.07) is 8.05. The van der Waals surface area contributed by atoms with Crippen molar-refractivity contribution < 1.29 is 14.3 Å². The van der Waals surface area contributed by atoms with Crippen molar-refractivity contribution in [2.45, 2.75) is 58.7 Å². The van der Waals surface area contributed by atoms with Crippen molar-refractivity contribution >= 4 is 6.09 Å². The first kappa shape index (κ1) is 16.7. The van der Waals surface area contributed by atoms with E-state index < -0.39 is 5.60 Å². The molecule has 4 heteroatoms. The summed E-state index contributed by atoms with van der Waals surface area (Å²) >= 11 is 0. The second kappa shape index (κ2) is 7.03. The van der Waals surface area contributed by atoms with Crippen LogP contribution in [0.5, 0.6) is 5.75 Å². The van der Waals surface area contributed by atoms with E-state index >= 15 is 0 Å². The number of hydrogen-bond donors (Lipinski definition) is 0. The standard InChI is InChI=1S/C18H27NO3/c1-14-8-10-15(11-9-14)21-16-7-5-6-12-19(13-16)17(20)22-18(2,3)4/h8-11,16H,5-7,12-13H2,1-4H3. The Morgan fingerprint density at radius 2 is 1.86 bits per heavy atom. The molecule has 1 aliphatic rings. The molecule has 1 amide bonds. The van der Waals surface area contributed by atoms with Gasteiger partial charge in [0.05, 0.1) is 6.54 Å². The van der Waals surface area contributed by atoms with Crippen LogP contribution in [-0.2, 0) is 4.74 Å². The van der Waals surface area contributed by atoms with Crippen LogP contribution in [0.25, 0.3) is 0 Å². The molecule has 2 rings (SSSR count). The molecule has 1 heterocycles. The van der Waals surface area contributed by atoms with Gasteiger partial charge in [-0.2, -0.15) is 0 Å². The first-order valence-electron chi connectivity index (χ1n) is 8.05. The van der Waals surface area contributed by atoms with Gasteiger partial charge in [0.1, 0.15) is 17.5 Å². The molecule has 0 aliphatic carbocycles. The molecule has 1 aromatic carbocycles. The zero-order valence-corrected chi connectivity index (χ0v) is 14.1. The molecule has 1 unspecified atom stereocenters. The second-order valence-corrected chi connectivity index (χ2v) is 6.98. The Kier molecular flexibility index (Phi) is 5.33. The Balaban J connectivity index is 1.97. The molecule has 0 radical (unpaired) electrons. The summed E-state index contributed by atoms with van der Waals surface area (Å²) in [4.78, 5) is 14.0. The van der Waals surface area contributed by atoms with E-state index in [-0.39, 0.29) is 12.2 Å². The summed E-state index contributed by atoms with van der Waals surface area (Å²) in [5.74, 6) is 0.863. The summed E-state index contributed by atoms with van der Waals surface area (Å²) in [6.45, 7) is 9.06. The normalized spacial score (nSPS) is 19.5. The fraction of sp³-hybridized carbons (Fsp3) is 0.611. The van der Waals surface area contributed by atoms with E-state index in [9.17, 15) is 4.79 Å². The number of benzene rings is 1. The van der Waals surface area contributed by atoms with Crippen molar-refractivity contribution in [2.75, 3.05) is 13.1 Å². The van der Waals surface area contributed by atoms with Gasteiger partial charge in [-0.25, -0.2) is 4.79 Å². The predicted molar refractivity (Wildman–Crippen MR) is 87.3 cm³/mol. The average Bonchev–Trinajstić information content (AvgIpc) is 2.65. The van der Waals surface area contributed by atoms with Gasteiger partial charge in [0.25, 0.3) is 0 Å². The maximum absolute atomic E-state index is 12.3. The molecule has 1 aliphatic heterocycles. The van der Waals surface area contributed by atoms with Gasteiger partial charge in [-0.1, -0.05) is 17.7 Å². The SMILES string of the molecule is Cc1ccc(OC2CCCCN(C(=O)OC(C)(C)C)C2)cc1. The van der Waals surface area contributed by atoms with Gasteiger partial charge in [-0.15, -0.1) is 0 Å². The number of rotatable bonds is 2. The van der Waals surface area contributed by atoms with Gasteiger partial charge in [0.15, 0.2) is 0 Å². The maximum Gasteiger partial charge on any atom is 0.410 e. The largest absolute Gasteiger partial charge is 0.489 e. The maximum atomic E-state index is 12.3. The summed E-state index contributed by atoms with van der Waals surface area (Å²) in [5, 5.41) is 0. The molecule has 1 saturated heterocycles. The number of aryl methyl sites for hydroxylation is 1. The predicted octanol–water partition coefficient (Wildman–Crippen LogP) is 4.16. The van der Waals surface area contributed by atoms with Crippen LogP contribution in [0.2, 0.25) is 0 Å². The molecule has 1 atom stereocenters. The number of amides is 1. The minimum Gasteiger partial charge on any atom is -0.489 e. The Hall–Kier alpha value is -1.71. The molecule has 1 aromatic rings. The van der Waals surface area contributed by atoms with Crippen molar-refractivity contribution in [1.82, 2.24) is 4.90 Å². The van der Waals surface area contributed by atoms with Crippen LogP contribution < -0.4 is 4.74 Å². The fourth-order valence-electron chi connectivity index (χ4n) is 2.50. The Morgan fingerprint density at radius 3 is 2.50 bits per heavy atom. The lowest BCUT2D eigenvalue weighted by atomic mass is 10.2. The number of ether oxygens (including phenoxy) is 2. The Morgan fingerprint density at radius 1 is 1.18 bits per heavy atom. The van der Waals surface area contributed by atoms with Crippen molar-refractivity contribution in [3.8, 4) is 5.75 Å². The first-order chi connectivity index (χ1) is 10.3. The van der Waals surface area contributed by atoms with Crippen LogP contribution in [0.15, 0.2) is 24.3 Å². The number of hydrogen-bond acceptors (Lipinski definition) is 3. The second-order valence-electron chi connectivity index (χ2n) is 6.98. The summed E-state index contributed by atoms with van der Waals surface area (Å²) in [7, 11) is 0. The van der Waals surface area contributed by atoms with E-state index in [2.05, 4.69) is 6.92 Å². The van der Waals surface area contributed by atoms with Crippen molar-refractivity contribution in [1.29, 1.82) is 0 Å². The highest BCUT2D eigenvalue weighted by Gasteiger charge is 2.27. The van der Waals surface area contributed by atoms with E-state index in [1.807, 2.05) is 45.0 Å². The molecule has 0 bridgehead atoms. The van der Waals surface area contributed by atoms with Crippen molar-refractivity contribution in [3.05, 3.63) is 29.8 Å². The monoisotopic (exact) mass is 305 g/mol. The minimum absolute atomic E-state index is 0.0257. The minimum atomic E-state index is -0.462. The molecule has 22 heavy (non-hydrogen) atoms. The zero-order valence-electron chi connectivity index (χ0n) is 14.1. The van der Waals surface area contributed by atoms with E-state index in [0.29, 0.717) is 6.54 Å². The van der Waals surface area contributed by atoms with E-state index in [4.69, 9.17) is 9.47 Å². The van der Waals surface area contributed by atoms with Crippen LogP contribution in [0.1, 0.15) is 45.6 Å². The highest BCUT2D eigenvalue weighted by molar-refractivity contribution is 5.68. The van der Waals surface area contributed by atoms with Crippen LogP contribution in [-0.4, -0.2) is 35.8 Å². The molecule has 122 valence electrons. The molecule has 0 aromatic heterocycles. The van der Waals surface area contributed by atoms with Crippen molar-refractivity contribution in [3.63, 3.8) is 0 Å². The number of likely N-dealkylation sites (tertiary alicyclic amines) is 1. The van der Waals surface area contributed by atoms with Gasteiger partial charge >= 0.3 is 6.09 Å². The average molecular weight is 305 g/mol.